The number of unbranched alkanes of at least 4 members (excludes halogenated alkanes) is 26. The first-order chi connectivity index (χ1) is 27.0. The number of aryl methyl sites for hydroxylation is 2. The molecule has 1 aromatic carbocycles. The van der Waals surface area contributed by atoms with E-state index in [-0.39, 0.29) is 11.2 Å². The number of hydrogen-bond donors (Lipinski definition) is 0. The van der Waals surface area contributed by atoms with Crippen molar-refractivity contribution in [3.05, 3.63) is 45.6 Å². The number of benzene rings is 1. The number of fused-ring (bicyclic) bond motifs is 4. The van der Waals surface area contributed by atoms with E-state index in [1.165, 1.54) is 225 Å². The second kappa shape index (κ2) is 24.3. The fourth-order valence-electron chi connectivity index (χ4n) is 9.42. The third-order valence-corrected chi connectivity index (χ3v) is 15.6. The molecule has 2 nitrogen and oxygen atoms in total. The largest absolute Gasteiger partial charge is 0.206 e. The predicted octanol–water partition coefficient (Wildman–Crippen LogP) is 18.2. The fraction of sp³-hybridized carbons (Fsp3) is 0.714. The Hall–Kier alpha value is -1.63. The molecule has 3 aromatic heterocycles. The maximum Gasteiger partial charge on any atom is 0.134 e. The Labute approximate surface area is 348 Å². The molecular formula is C49H75FN2S3. The van der Waals surface area contributed by atoms with Crippen LogP contribution in [0.3, 0.4) is 0 Å². The molecule has 0 bridgehead atoms. The molecule has 0 aliphatic heterocycles. The standard InChI is InChI=1S/C49H75FN2S3/c1-5-7-9-11-13-15-17-19-21-23-25-27-29-31-33-49(34-32-30-28-26-24-22-20-18-16-14-12-10-8-6-2)40-36-39(4)53-47(40)48-41(49)37-43(54-48)44-42(50)35-38(3)45-46(44)52-55-51-45/h35-37H,5-34H2,1-4H3. The molecule has 0 atom stereocenters. The molecule has 4 aromatic rings. The summed E-state index contributed by atoms with van der Waals surface area (Å²) in [5, 5.41) is 0. The molecule has 5 rings (SSSR count). The van der Waals surface area contributed by atoms with Crippen LogP contribution >= 0.6 is 34.4 Å². The summed E-state index contributed by atoms with van der Waals surface area (Å²) in [4.78, 5) is 5.29. The number of thiophene rings is 2. The molecule has 0 N–H and O–H groups in total. The first-order valence-corrected chi connectivity index (χ1v) is 25.5. The predicted molar refractivity (Wildman–Crippen MR) is 244 cm³/mol. The SMILES string of the molecule is CCCCCCCCCCCCCCCCC1(CCCCCCCCCCCCCCCC)c2cc(C)sc2-c2sc(-c3c(F)cc(C)c4nsnc34)cc21. The van der Waals surface area contributed by atoms with Crippen LogP contribution in [0.5, 0.6) is 0 Å². The van der Waals surface area contributed by atoms with Gasteiger partial charge in [-0.05, 0) is 61.6 Å². The van der Waals surface area contributed by atoms with Crippen molar-refractivity contribution in [3.8, 4) is 20.2 Å². The highest BCUT2D eigenvalue weighted by molar-refractivity contribution is 7.24. The average Bonchev–Trinajstić information content (AvgIpc) is 3.96. The van der Waals surface area contributed by atoms with Gasteiger partial charge in [0.1, 0.15) is 16.9 Å². The Morgan fingerprint density at radius 1 is 0.491 bits per heavy atom. The summed E-state index contributed by atoms with van der Waals surface area (Å²) in [6, 6.07) is 6.58. The van der Waals surface area contributed by atoms with E-state index in [9.17, 15) is 0 Å². The minimum atomic E-state index is -0.162. The van der Waals surface area contributed by atoms with Crippen LogP contribution in [0.1, 0.15) is 228 Å². The zero-order chi connectivity index (χ0) is 38.7. The van der Waals surface area contributed by atoms with E-state index >= 15 is 4.39 Å². The molecule has 1 aliphatic carbocycles. The van der Waals surface area contributed by atoms with Crippen LogP contribution < -0.4 is 0 Å². The van der Waals surface area contributed by atoms with Crippen molar-refractivity contribution in [2.24, 2.45) is 0 Å². The molecule has 3 heterocycles. The summed E-state index contributed by atoms with van der Waals surface area (Å²) in [5.41, 5.74) is 6.21. The number of hydrogen-bond acceptors (Lipinski definition) is 5. The van der Waals surface area contributed by atoms with Gasteiger partial charge in [0.2, 0.25) is 0 Å². The maximum absolute atomic E-state index is 15.8. The average molecular weight is 807 g/mol. The molecule has 0 amide bonds. The van der Waals surface area contributed by atoms with E-state index in [1.54, 1.807) is 23.0 Å². The van der Waals surface area contributed by atoms with Gasteiger partial charge in [0, 0.05) is 24.9 Å². The van der Waals surface area contributed by atoms with Crippen LogP contribution in [-0.4, -0.2) is 8.75 Å². The molecule has 0 saturated carbocycles. The third-order valence-electron chi connectivity index (χ3n) is 12.7. The lowest BCUT2D eigenvalue weighted by atomic mass is 9.71. The van der Waals surface area contributed by atoms with E-state index in [0.29, 0.717) is 5.56 Å². The van der Waals surface area contributed by atoms with Crippen molar-refractivity contribution >= 4 is 45.4 Å². The molecule has 0 unspecified atom stereocenters. The summed E-state index contributed by atoms with van der Waals surface area (Å²) < 4.78 is 25.0. The van der Waals surface area contributed by atoms with E-state index in [0.717, 1.165) is 21.5 Å². The number of nitrogens with zero attached hydrogens (tertiary/aromatic N) is 2. The van der Waals surface area contributed by atoms with Gasteiger partial charge in [-0.1, -0.05) is 194 Å². The van der Waals surface area contributed by atoms with Crippen molar-refractivity contribution in [3.63, 3.8) is 0 Å². The molecular weight excluding hydrogens is 732 g/mol. The van der Waals surface area contributed by atoms with Crippen LogP contribution in [0.2, 0.25) is 0 Å². The lowest BCUT2D eigenvalue weighted by Crippen LogP contribution is -2.25. The van der Waals surface area contributed by atoms with E-state index in [4.69, 9.17) is 0 Å². The van der Waals surface area contributed by atoms with Crippen molar-refractivity contribution in [2.75, 3.05) is 0 Å². The second-order valence-electron chi connectivity index (χ2n) is 17.2. The molecule has 0 fully saturated rings. The minimum absolute atomic E-state index is 0.0407. The lowest BCUT2D eigenvalue weighted by molar-refractivity contribution is 0.397. The first kappa shape index (κ1) is 44.5. The quantitative estimate of drug-likeness (QED) is 0.0474. The Balaban J connectivity index is 1.18. The molecule has 1 aliphatic rings. The van der Waals surface area contributed by atoms with Crippen LogP contribution in [0.4, 0.5) is 4.39 Å². The van der Waals surface area contributed by atoms with Crippen molar-refractivity contribution in [1.82, 2.24) is 8.75 Å². The molecule has 6 heteroatoms. The maximum atomic E-state index is 15.8. The highest BCUT2D eigenvalue weighted by Crippen LogP contribution is 2.61. The van der Waals surface area contributed by atoms with Crippen LogP contribution in [0.15, 0.2) is 18.2 Å². The summed E-state index contributed by atoms with van der Waals surface area (Å²) in [6.45, 7) is 8.84. The van der Waals surface area contributed by atoms with E-state index in [2.05, 4.69) is 41.7 Å². The monoisotopic (exact) mass is 807 g/mol. The molecule has 55 heavy (non-hydrogen) atoms. The van der Waals surface area contributed by atoms with Crippen LogP contribution in [0, 0.1) is 19.7 Å². The van der Waals surface area contributed by atoms with Crippen LogP contribution in [0.25, 0.3) is 31.2 Å². The smallest absolute Gasteiger partial charge is 0.134 e. The zero-order valence-electron chi connectivity index (χ0n) is 35.4. The molecule has 0 saturated heterocycles. The summed E-state index contributed by atoms with van der Waals surface area (Å²) in [5.74, 6) is -0.162. The highest BCUT2D eigenvalue weighted by Gasteiger charge is 2.45. The van der Waals surface area contributed by atoms with Gasteiger partial charge in [0.25, 0.3) is 0 Å². The zero-order valence-corrected chi connectivity index (χ0v) is 37.9. The number of rotatable bonds is 31. The van der Waals surface area contributed by atoms with Gasteiger partial charge in [0.05, 0.1) is 17.3 Å². The Bertz CT molecular complexity index is 1630. The molecule has 306 valence electrons. The summed E-state index contributed by atoms with van der Waals surface area (Å²) in [6.07, 6.45) is 41.4. The Morgan fingerprint density at radius 3 is 1.36 bits per heavy atom. The number of halogens is 1. The van der Waals surface area contributed by atoms with Crippen molar-refractivity contribution < 1.29 is 4.39 Å². The van der Waals surface area contributed by atoms with Gasteiger partial charge >= 0.3 is 0 Å². The van der Waals surface area contributed by atoms with E-state index < -0.39 is 0 Å². The normalized spacial score (nSPS) is 13.3. The van der Waals surface area contributed by atoms with Gasteiger partial charge in [0.15, 0.2) is 0 Å². The summed E-state index contributed by atoms with van der Waals surface area (Å²) in [7, 11) is 0. The van der Waals surface area contributed by atoms with Gasteiger partial charge in [-0.25, -0.2) is 4.39 Å². The van der Waals surface area contributed by atoms with Gasteiger partial charge in [-0.15, -0.1) is 22.7 Å². The summed E-state index contributed by atoms with van der Waals surface area (Å²) >= 11 is 4.96. The lowest BCUT2D eigenvalue weighted by Gasteiger charge is -2.31. The van der Waals surface area contributed by atoms with Crippen molar-refractivity contribution in [1.29, 1.82) is 0 Å². The number of aromatic nitrogens is 2. The first-order valence-electron chi connectivity index (χ1n) is 23.2. The van der Waals surface area contributed by atoms with E-state index in [1.807, 2.05) is 18.3 Å². The molecule has 0 spiro atoms. The van der Waals surface area contributed by atoms with Crippen molar-refractivity contribution in [2.45, 2.75) is 226 Å². The fourth-order valence-corrected chi connectivity index (χ4v) is 12.6. The Morgan fingerprint density at radius 2 is 0.891 bits per heavy atom. The van der Waals surface area contributed by atoms with Gasteiger partial charge in [-0.2, -0.15) is 8.75 Å². The second-order valence-corrected chi connectivity index (χ2v) is 20.1. The van der Waals surface area contributed by atoms with Gasteiger partial charge < -0.3 is 0 Å². The molecule has 0 radical (unpaired) electrons. The van der Waals surface area contributed by atoms with Crippen LogP contribution in [-0.2, 0) is 5.41 Å². The topological polar surface area (TPSA) is 25.8 Å². The minimum Gasteiger partial charge on any atom is -0.206 e. The Kier molecular flexibility index (Phi) is 19.7. The highest BCUT2D eigenvalue weighted by atomic mass is 32.1. The third kappa shape index (κ3) is 12.7. The van der Waals surface area contributed by atoms with Gasteiger partial charge in [-0.3, -0.25) is 0 Å².